The quantitative estimate of drug-likeness (QED) is 0.261. The predicted octanol–water partition coefficient (Wildman–Crippen LogP) is 5.24. The Bertz CT molecular complexity index is 2000. The number of pyridine rings is 3. The zero-order valence-corrected chi connectivity index (χ0v) is 23.8. The Morgan fingerprint density at radius 3 is 2.27 bits per heavy atom. The number of rotatable bonds is 8. The summed E-state index contributed by atoms with van der Waals surface area (Å²) in [6, 6.07) is 19.3. The molecule has 0 aliphatic rings. The van der Waals surface area contributed by atoms with Crippen LogP contribution in [-0.2, 0) is 22.6 Å². The van der Waals surface area contributed by atoms with Gasteiger partial charge in [-0.3, -0.25) is 19.5 Å². The second-order valence-corrected chi connectivity index (χ2v) is 12.0. The number of aryl methyl sites for hydroxylation is 1. The van der Waals surface area contributed by atoms with Crippen LogP contribution in [0, 0.1) is 0 Å². The molecule has 6 rings (SSSR count). The van der Waals surface area contributed by atoms with Crippen molar-refractivity contribution in [3.8, 4) is 11.1 Å². The van der Waals surface area contributed by atoms with Crippen LogP contribution in [0.2, 0.25) is 0 Å². The van der Waals surface area contributed by atoms with Crippen LogP contribution < -0.4 is 10.3 Å². The molecule has 1 aromatic carbocycles. The topological polar surface area (TPSA) is 115 Å². The smallest absolute Gasteiger partial charge is 0.272 e. The van der Waals surface area contributed by atoms with Gasteiger partial charge in [0.05, 0.1) is 28.3 Å². The summed E-state index contributed by atoms with van der Waals surface area (Å²) in [6.45, 7) is 3.70. The molecule has 0 spiro atoms. The first-order valence-corrected chi connectivity index (χ1v) is 15.1. The van der Waals surface area contributed by atoms with Gasteiger partial charge in [-0.2, -0.15) is 0 Å². The molecule has 0 fully saturated rings. The van der Waals surface area contributed by atoms with Crippen LogP contribution >= 0.6 is 0 Å². The molecule has 5 heterocycles. The van der Waals surface area contributed by atoms with Gasteiger partial charge in [-0.05, 0) is 67.4 Å². The fourth-order valence-electron chi connectivity index (χ4n) is 5.78. The number of benzene rings is 1. The largest absolute Gasteiger partial charge is 0.345 e. The minimum Gasteiger partial charge on any atom is -0.345 e. The van der Waals surface area contributed by atoms with Crippen molar-refractivity contribution < 1.29 is 8.42 Å². The van der Waals surface area contributed by atoms with Crippen molar-refractivity contribution in [3.63, 3.8) is 0 Å². The first kappa shape index (κ1) is 26.5. The molecule has 0 amide bonds. The summed E-state index contributed by atoms with van der Waals surface area (Å²) < 4.78 is 32.4. The first-order chi connectivity index (χ1) is 19.8. The summed E-state index contributed by atoms with van der Waals surface area (Å²) in [5.74, 6) is -0.0656. The molecule has 0 saturated heterocycles. The van der Waals surface area contributed by atoms with Gasteiger partial charge in [0.1, 0.15) is 11.1 Å². The number of fused-ring (bicyclic) bond motifs is 2. The lowest BCUT2D eigenvalue weighted by molar-refractivity contribution is 0.405. The Labute approximate surface area is 237 Å². The van der Waals surface area contributed by atoms with Gasteiger partial charge >= 0.3 is 0 Å². The van der Waals surface area contributed by atoms with Gasteiger partial charge in [-0.25, -0.2) is 8.42 Å². The Hall–Kier alpha value is -4.70. The molecule has 0 aliphatic carbocycles. The lowest BCUT2D eigenvalue weighted by Crippen LogP contribution is -2.37. The number of H-pyrrole nitrogens is 1. The molecule has 0 unspecified atom stereocenters. The number of nitrogens with one attached hydrogen (secondary N) is 2. The monoisotopic (exact) mass is 566 g/mol. The van der Waals surface area contributed by atoms with Crippen LogP contribution in [-0.4, -0.2) is 38.3 Å². The Morgan fingerprint density at radius 1 is 0.951 bits per heavy atom. The summed E-state index contributed by atoms with van der Waals surface area (Å²) in [7, 11) is -1.76. The molecule has 0 saturated carbocycles. The van der Waals surface area contributed by atoms with Crippen molar-refractivity contribution in [2.75, 3.05) is 10.5 Å². The maximum absolute atomic E-state index is 12.8. The van der Waals surface area contributed by atoms with Gasteiger partial charge in [-0.1, -0.05) is 19.1 Å². The van der Waals surface area contributed by atoms with E-state index in [0.717, 1.165) is 38.8 Å². The molecular weight excluding hydrogens is 536 g/mol. The van der Waals surface area contributed by atoms with Gasteiger partial charge < -0.3 is 14.1 Å². The highest BCUT2D eigenvalue weighted by atomic mass is 32.2. The maximum Gasteiger partial charge on any atom is 0.272 e. The number of anilines is 1. The summed E-state index contributed by atoms with van der Waals surface area (Å²) in [4.78, 5) is 25.0. The van der Waals surface area contributed by atoms with E-state index in [9.17, 15) is 13.2 Å². The average Bonchev–Trinajstić information content (AvgIpc) is 3.57. The second kappa shape index (κ2) is 10.0. The van der Waals surface area contributed by atoms with Gasteiger partial charge in [0.2, 0.25) is 10.0 Å². The van der Waals surface area contributed by atoms with E-state index >= 15 is 0 Å². The normalized spacial score (nSPS) is 12.3. The van der Waals surface area contributed by atoms with Crippen LogP contribution in [0.15, 0.2) is 96.4 Å². The molecule has 5 aromatic heterocycles. The van der Waals surface area contributed by atoms with Crippen molar-refractivity contribution in [3.05, 3.63) is 113 Å². The number of hydrogen-bond donors (Lipinski definition) is 2. The molecule has 6 aromatic rings. The molecule has 9 nitrogen and oxygen atoms in total. The van der Waals surface area contributed by atoms with E-state index < -0.39 is 15.6 Å². The SMILES string of the molecule is CCC(c1ccccn1)(c1ccccn1)n1ccc2c(NS(=O)(=O)CC)cc(-c3cn(C)c4c(=O)[nH]ccc34)cc21. The Balaban J connectivity index is 1.71. The van der Waals surface area contributed by atoms with Crippen molar-refractivity contribution in [2.45, 2.75) is 25.8 Å². The van der Waals surface area contributed by atoms with E-state index in [4.69, 9.17) is 9.97 Å². The van der Waals surface area contributed by atoms with E-state index in [2.05, 4.69) is 21.2 Å². The average molecular weight is 567 g/mol. The van der Waals surface area contributed by atoms with Crippen molar-refractivity contribution in [2.24, 2.45) is 7.05 Å². The van der Waals surface area contributed by atoms with E-state index in [1.165, 1.54) is 0 Å². The number of sulfonamides is 1. The van der Waals surface area contributed by atoms with Crippen LogP contribution in [0.5, 0.6) is 0 Å². The highest BCUT2D eigenvalue weighted by molar-refractivity contribution is 7.92. The molecule has 0 bridgehead atoms. The minimum absolute atomic E-state index is 0.0656. The molecule has 0 aliphatic heterocycles. The number of hydrogen-bond acceptors (Lipinski definition) is 5. The van der Waals surface area contributed by atoms with Gasteiger partial charge in [0.15, 0.2) is 0 Å². The van der Waals surface area contributed by atoms with Gasteiger partial charge in [-0.15, -0.1) is 0 Å². The lowest BCUT2D eigenvalue weighted by Gasteiger charge is -2.34. The Morgan fingerprint density at radius 2 is 1.66 bits per heavy atom. The lowest BCUT2D eigenvalue weighted by atomic mass is 9.86. The van der Waals surface area contributed by atoms with Crippen molar-refractivity contribution in [1.29, 1.82) is 0 Å². The summed E-state index contributed by atoms with van der Waals surface area (Å²) in [6.07, 6.45) is 9.67. The Kier molecular flexibility index (Phi) is 6.50. The molecular formula is C31H30N6O3S. The maximum atomic E-state index is 12.8. The minimum atomic E-state index is -3.59. The number of aromatic nitrogens is 5. The zero-order valence-electron chi connectivity index (χ0n) is 23.0. The van der Waals surface area contributed by atoms with Crippen LogP contribution in [0.4, 0.5) is 5.69 Å². The fourth-order valence-corrected chi connectivity index (χ4v) is 6.42. The molecule has 2 N–H and O–H groups in total. The third kappa shape index (κ3) is 4.31. The number of nitrogens with zero attached hydrogens (tertiary/aromatic N) is 4. The van der Waals surface area contributed by atoms with Crippen LogP contribution in [0.25, 0.3) is 32.9 Å². The van der Waals surface area contributed by atoms with Gasteiger partial charge in [0.25, 0.3) is 5.56 Å². The van der Waals surface area contributed by atoms with Crippen molar-refractivity contribution >= 4 is 37.5 Å². The van der Waals surface area contributed by atoms with E-state index in [1.54, 1.807) is 30.1 Å². The molecule has 208 valence electrons. The fraction of sp³-hybridized carbons (Fsp3) is 0.194. The van der Waals surface area contributed by atoms with Crippen molar-refractivity contribution in [1.82, 2.24) is 24.1 Å². The summed E-state index contributed by atoms with van der Waals surface area (Å²) in [5.41, 5.74) is 4.06. The highest BCUT2D eigenvalue weighted by Gasteiger charge is 2.38. The molecule has 0 radical (unpaired) electrons. The molecule has 10 heteroatoms. The zero-order chi connectivity index (χ0) is 28.8. The summed E-state index contributed by atoms with van der Waals surface area (Å²) in [5, 5.41) is 1.52. The first-order valence-electron chi connectivity index (χ1n) is 13.4. The highest BCUT2D eigenvalue weighted by Crippen LogP contribution is 2.42. The van der Waals surface area contributed by atoms with E-state index in [-0.39, 0.29) is 11.3 Å². The van der Waals surface area contributed by atoms with E-state index in [0.29, 0.717) is 17.6 Å². The third-order valence-corrected chi connectivity index (χ3v) is 9.06. The molecule has 0 atom stereocenters. The summed E-state index contributed by atoms with van der Waals surface area (Å²) >= 11 is 0. The predicted molar refractivity (Wildman–Crippen MR) is 162 cm³/mol. The van der Waals surface area contributed by atoms with Crippen LogP contribution in [0.1, 0.15) is 31.7 Å². The van der Waals surface area contributed by atoms with Gasteiger partial charge in [0, 0.05) is 54.4 Å². The third-order valence-electron chi connectivity index (χ3n) is 7.76. The second-order valence-electron chi connectivity index (χ2n) is 10.0. The molecule has 41 heavy (non-hydrogen) atoms. The van der Waals surface area contributed by atoms with Crippen LogP contribution in [0.3, 0.4) is 0 Å². The number of aromatic amines is 1. The van der Waals surface area contributed by atoms with E-state index in [1.807, 2.05) is 80.1 Å². The standard InChI is InChI=1S/C31H30N6O3S/c1-4-31(27-10-6-8-14-32-27,28-11-7-9-15-33-28)37-17-13-23-25(35-41(39,40)5-2)18-21(19-26(23)37)24-20-36(3)29-22(24)12-16-34-30(29)38/h6-20,35H,4-5H2,1-3H3,(H,34,38).